The Morgan fingerprint density at radius 3 is 2.82 bits per heavy atom. The predicted molar refractivity (Wildman–Crippen MR) is 79.6 cm³/mol. The fraction of sp³-hybridized carbons (Fsp3) is 0.600. The van der Waals surface area contributed by atoms with E-state index in [-0.39, 0.29) is 11.8 Å². The van der Waals surface area contributed by atoms with E-state index < -0.39 is 0 Å². The van der Waals surface area contributed by atoms with E-state index in [4.69, 9.17) is 0 Å². The first-order chi connectivity index (χ1) is 10.6. The normalized spacial score (nSPS) is 21.5. The molecule has 1 atom stereocenters. The number of carbonyl (C=O) groups excluding carboxylic acids is 1. The second-order valence-electron chi connectivity index (χ2n) is 6.39. The lowest BCUT2D eigenvalue weighted by Crippen LogP contribution is -2.29. The first-order valence-corrected chi connectivity index (χ1v) is 7.86. The number of tetrazole rings is 1. The molecule has 116 valence electrons. The minimum atomic E-state index is 0.131. The summed E-state index contributed by atoms with van der Waals surface area (Å²) < 4.78 is 2.32. The zero-order chi connectivity index (χ0) is 15.3. The molecule has 2 aliphatic rings. The first kappa shape index (κ1) is 13.5. The van der Waals surface area contributed by atoms with E-state index in [1.54, 1.807) is 0 Å². The lowest BCUT2D eigenvalue weighted by atomic mass is 10.1. The standard InChI is InChI=1S/C15H20N6O/c1-9-7-13(10(2)21(9)12-3-4-12)15(22)20-6-5-11(8-20)14-16-18-19-17-14/h7,11-12H,3-6,8H2,1-2H3,(H,16,17,18,19). The molecule has 2 fully saturated rings. The predicted octanol–water partition coefficient (Wildman–Crippen LogP) is 1.58. The largest absolute Gasteiger partial charge is 0.345 e. The molecule has 1 unspecified atom stereocenters. The highest BCUT2D eigenvalue weighted by Crippen LogP contribution is 2.38. The summed E-state index contributed by atoms with van der Waals surface area (Å²) in [5, 5.41) is 14.2. The Kier molecular flexibility index (Phi) is 3.02. The zero-order valence-corrected chi connectivity index (χ0v) is 12.9. The third kappa shape index (κ3) is 2.12. The van der Waals surface area contributed by atoms with Crippen molar-refractivity contribution in [3.05, 3.63) is 28.8 Å². The number of aryl methyl sites for hydroxylation is 1. The highest BCUT2D eigenvalue weighted by atomic mass is 16.2. The molecular weight excluding hydrogens is 280 g/mol. The molecule has 7 heteroatoms. The number of aromatic amines is 1. The first-order valence-electron chi connectivity index (χ1n) is 7.86. The molecule has 1 amide bonds. The van der Waals surface area contributed by atoms with Gasteiger partial charge in [0.25, 0.3) is 5.91 Å². The molecule has 2 aromatic rings. The Bertz CT molecular complexity index is 700. The van der Waals surface area contributed by atoms with Crippen LogP contribution in [0.2, 0.25) is 0 Å². The van der Waals surface area contributed by atoms with Gasteiger partial charge in [-0.25, -0.2) is 0 Å². The summed E-state index contributed by atoms with van der Waals surface area (Å²) in [5.74, 6) is 1.03. The smallest absolute Gasteiger partial charge is 0.255 e. The van der Waals surface area contributed by atoms with E-state index >= 15 is 0 Å². The van der Waals surface area contributed by atoms with Crippen LogP contribution in [0, 0.1) is 13.8 Å². The highest BCUT2D eigenvalue weighted by molar-refractivity contribution is 5.96. The molecule has 0 radical (unpaired) electrons. The molecular formula is C15H20N6O. The van der Waals surface area contributed by atoms with Gasteiger partial charge in [0.1, 0.15) is 0 Å². The molecule has 0 bridgehead atoms. The van der Waals surface area contributed by atoms with Crippen LogP contribution in [-0.4, -0.2) is 49.1 Å². The van der Waals surface area contributed by atoms with E-state index in [1.165, 1.54) is 18.5 Å². The molecule has 0 spiro atoms. The topological polar surface area (TPSA) is 79.7 Å². The minimum Gasteiger partial charge on any atom is -0.345 e. The third-order valence-corrected chi connectivity index (χ3v) is 4.83. The van der Waals surface area contributed by atoms with Crippen molar-refractivity contribution in [2.45, 2.75) is 45.1 Å². The molecule has 22 heavy (non-hydrogen) atoms. The number of hydrogen-bond donors (Lipinski definition) is 1. The second-order valence-corrected chi connectivity index (χ2v) is 6.39. The van der Waals surface area contributed by atoms with Gasteiger partial charge in [-0.15, -0.1) is 10.2 Å². The lowest BCUT2D eigenvalue weighted by Gasteiger charge is -2.16. The van der Waals surface area contributed by atoms with Gasteiger partial charge in [-0.05, 0) is 39.2 Å². The number of nitrogens with one attached hydrogen (secondary N) is 1. The number of amides is 1. The van der Waals surface area contributed by atoms with Crippen LogP contribution < -0.4 is 0 Å². The fourth-order valence-corrected chi connectivity index (χ4v) is 3.56. The number of hydrogen-bond acceptors (Lipinski definition) is 4. The molecule has 3 heterocycles. The fourth-order valence-electron chi connectivity index (χ4n) is 3.56. The molecule has 2 aromatic heterocycles. The van der Waals surface area contributed by atoms with Crippen LogP contribution >= 0.6 is 0 Å². The van der Waals surface area contributed by atoms with Crippen LogP contribution in [0.5, 0.6) is 0 Å². The highest BCUT2D eigenvalue weighted by Gasteiger charge is 2.33. The van der Waals surface area contributed by atoms with E-state index in [9.17, 15) is 4.79 Å². The van der Waals surface area contributed by atoms with Crippen molar-refractivity contribution in [1.29, 1.82) is 0 Å². The number of carbonyl (C=O) groups is 1. The van der Waals surface area contributed by atoms with Gasteiger partial charge in [0.05, 0.1) is 5.56 Å². The number of nitrogens with zero attached hydrogens (tertiary/aromatic N) is 5. The number of likely N-dealkylation sites (tertiary alicyclic amines) is 1. The minimum absolute atomic E-state index is 0.131. The van der Waals surface area contributed by atoms with Crippen molar-refractivity contribution in [3.8, 4) is 0 Å². The Hall–Kier alpha value is -2.18. The van der Waals surface area contributed by atoms with Crippen LogP contribution in [0.15, 0.2) is 6.07 Å². The maximum Gasteiger partial charge on any atom is 0.255 e. The van der Waals surface area contributed by atoms with Gasteiger partial charge in [-0.1, -0.05) is 5.21 Å². The van der Waals surface area contributed by atoms with Crippen molar-refractivity contribution in [1.82, 2.24) is 30.1 Å². The number of aromatic nitrogens is 5. The monoisotopic (exact) mass is 300 g/mol. The summed E-state index contributed by atoms with van der Waals surface area (Å²) >= 11 is 0. The molecule has 1 aliphatic heterocycles. The SMILES string of the molecule is Cc1cc(C(=O)N2CCC(c3nn[nH]n3)C2)c(C)n1C1CC1. The van der Waals surface area contributed by atoms with Crippen LogP contribution in [-0.2, 0) is 0 Å². The van der Waals surface area contributed by atoms with Crippen LogP contribution in [0.3, 0.4) is 0 Å². The van der Waals surface area contributed by atoms with Gasteiger partial charge in [-0.2, -0.15) is 5.21 Å². The molecule has 0 aromatic carbocycles. The van der Waals surface area contributed by atoms with Gasteiger partial charge in [0, 0.05) is 36.4 Å². The molecule has 1 N–H and O–H groups in total. The van der Waals surface area contributed by atoms with E-state index in [2.05, 4.69) is 39.0 Å². The quantitative estimate of drug-likeness (QED) is 0.933. The summed E-state index contributed by atoms with van der Waals surface area (Å²) in [4.78, 5) is 14.8. The Labute approximate surface area is 128 Å². The molecule has 4 rings (SSSR count). The van der Waals surface area contributed by atoms with Crippen molar-refractivity contribution in [2.24, 2.45) is 0 Å². The third-order valence-electron chi connectivity index (χ3n) is 4.83. The number of H-pyrrole nitrogens is 1. The summed E-state index contributed by atoms with van der Waals surface area (Å²) in [6.45, 7) is 5.58. The molecule has 1 saturated heterocycles. The second kappa shape index (κ2) is 4.93. The van der Waals surface area contributed by atoms with Gasteiger partial charge < -0.3 is 9.47 Å². The van der Waals surface area contributed by atoms with Crippen LogP contribution in [0.25, 0.3) is 0 Å². The maximum atomic E-state index is 12.8. The van der Waals surface area contributed by atoms with Crippen molar-refractivity contribution in [3.63, 3.8) is 0 Å². The maximum absolute atomic E-state index is 12.8. The Balaban J connectivity index is 1.54. The van der Waals surface area contributed by atoms with E-state index in [0.29, 0.717) is 18.4 Å². The molecule has 1 saturated carbocycles. The van der Waals surface area contributed by atoms with Crippen LogP contribution in [0.4, 0.5) is 0 Å². The molecule has 1 aliphatic carbocycles. The zero-order valence-electron chi connectivity index (χ0n) is 12.9. The van der Waals surface area contributed by atoms with Crippen LogP contribution in [0.1, 0.15) is 58.8 Å². The van der Waals surface area contributed by atoms with Gasteiger partial charge in [-0.3, -0.25) is 4.79 Å². The Morgan fingerprint density at radius 1 is 1.32 bits per heavy atom. The average molecular weight is 300 g/mol. The van der Waals surface area contributed by atoms with Crippen molar-refractivity contribution in [2.75, 3.05) is 13.1 Å². The lowest BCUT2D eigenvalue weighted by molar-refractivity contribution is 0.0789. The van der Waals surface area contributed by atoms with E-state index in [1.807, 2.05) is 11.0 Å². The summed E-state index contributed by atoms with van der Waals surface area (Å²) in [6.07, 6.45) is 3.36. The van der Waals surface area contributed by atoms with Crippen molar-refractivity contribution >= 4 is 5.91 Å². The summed E-state index contributed by atoms with van der Waals surface area (Å²) in [7, 11) is 0. The number of rotatable bonds is 3. The van der Waals surface area contributed by atoms with Gasteiger partial charge in [0.15, 0.2) is 5.82 Å². The molecule has 7 nitrogen and oxygen atoms in total. The summed E-state index contributed by atoms with van der Waals surface area (Å²) in [5.41, 5.74) is 3.14. The Morgan fingerprint density at radius 2 is 2.14 bits per heavy atom. The summed E-state index contributed by atoms with van der Waals surface area (Å²) in [6, 6.07) is 2.64. The van der Waals surface area contributed by atoms with Crippen molar-refractivity contribution < 1.29 is 4.79 Å². The van der Waals surface area contributed by atoms with Gasteiger partial charge >= 0.3 is 0 Å². The average Bonchev–Trinajstić information content (AvgIpc) is 2.96. The van der Waals surface area contributed by atoms with E-state index in [0.717, 1.165) is 24.2 Å². The van der Waals surface area contributed by atoms with Gasteiger partial charge in [0.2, 0.25) is 0 Å².